The number of amides is 6. The van der Waals surface area contributed by atoms with Crippen LogP contribution in [0.2, 0.25) is 0 Å². The summed E-state index contributed by atoms with van der Waals surface area (Å²) in [6, 6.07) is -5.62. The quantitative estimate of drug-likeness (QED) is 0.230. The first kappa shape index (κ1) is 39.3. The molecule has 6 N–H and O–H groups in total. The van der Waals surface area contributed by atoms with E-state index in [2.05, 4.69) is 43.4 Å². The molecule has 0 aromatic rings. The van der Waals surface area contributed by atoms with Gasteiger partial charge >= 0.3 is 6.03 Å². The Balaban J connectivity index is 1.45. The molecule has 6 rings (SSSR count). The van der Waals surface area contributed by atoms with E-state index in [1.54, 1.807) is 16.7 Å². The van der Waals surface area contributed by atoms with E-state index in [9.17, 15) is 24.0 Å². The first-order valence-corrected chi connectivity index (χ1v) is 19.6. The minimum absolute atomic E-state index is 0.00653. The molecule has 1 aliphatic carbocycles. The highest BCUT2D eigenvalue weighted by Crippen LogP contribution is 2.42. The second kappa shape index (κ2) is 15.8. The van der Waals surface area contributed by atoms with Crippen LogP contribution in [-0.4, -0.2) is 137 Å². The van der Waals surface area contributed by atoms with Crippen molar-refractivity contribution in [2.75, 3.05) is 19.6 Å². The molecule has 5 heterocycles. The van der Waals surface area contributed by atoms with Gasteiger partial charge in [-0.1, -0.05) is 20.4 Å². The van der Waals surface area contributed by atoms with Crippen LogP contribution >= 0.6 is 0 Å². The van der Waals surface area contributed by atoms with Crippen molar-refractivity contribution in [2.45, 2.75) is 147 Å². The summed E-state index contributed by atoms with van der Waals surface area (Å²) in [5, 5.41) is 18.7. The summed E-state index contributed by atoms with van der Waals surface area (Å²) in [6.45, 7) is 16.0. The van der Waals surface area contributed by atoms with E-state index < -0.39 is 96.4 Å². The Morgan fingerprint density at radius 1 is 0.849 bits per heavy atom. The Bertz CT molecular complexity index is 1440. The molecule has 16 heteroatoms. The van der Waals surface area contributed by atoms with Crippen molar-refractivity contribution in [3.05, 3.63) is 12.7 Å². The Hall–Kier alpha value is -3.37. The van der Waals surface area contributed by atoms with Crippen LogP contribution < -0.4 is 31.9 Å². The monoisotopic (exact) mass is 747 g/mol. The van der Waals surface area contributed by atoms with E-state index in [-0.39, 0.29) is 42.8 Å². The molecule has 6 fully saturated rings. The van der Waals surface area contributed by atoms with Crippen molar-refractivity contribution < 1.29 is 32.8 Å². The summed E-state index contributed by atoms with van der Waals surface area (Å²) >= 11 is 0. The third-order valence-corrected chi connectivity index (χ3v) is 12.8. The number of urea groups is 1. The minimum atomic E-state index is -1.53. The van der Waals surface area contributed by atoms with Gasteiger partial charge in [-0.05, 0) is 78.3 Å². The molecule has 0 radical (unpaired) electrons. The van der Waals surface area contributed by atoms with Crippen LogP contribution in [0.25, 0.3) is 0 Å². The molecule has 0 aromatic heterocycles. The molecular weight excluding hydrogens is 688 g/mol. The lowest BCUT2D eigenvalue weighted by molar-refractivity contribution is -0.141. The average molecular weight is 748 g/mol. The second-order valence-electron chi connectivity index (χ2n) is 16.7. The van der Waals surface area contributed by atoms with Crippen LogP contribution in [0.3, 0.4) is 0 Å². The van der Waals surface area contributed by atoms with Gasteiger partial charge in [0.05, 0.1) is 24.3 Å². The number of fused-ring (bicyclic) bond motifs is 5. The largest absolute Gasteiger partial charge is 0.351 e. The van der Waals surface area contributed by atoms with Crippen LogP contribution in [-0.2, 0) is 19.2 Å². The zero-order valence-electron chi connectivity index (χ0n) is 31.8. The third-order valence-electron chi connectivity index (χ3n) is 12.8. The fourth-order valence-corrected chi connectivity index (χ4v) is 10.1. The van der Waals surface area contributed by atoms with Gasteiger partial charge in [-0.15, -0.1) is 0 Å². The molecule has 0 aromatic carbocycles. The van der Waals surface area contributed by atoms with Crippen LogP contribution in [0.5, 0.6) is 0 Å². The summed E-state index contributed by atoms with van der Waals surface area (Å²) < 4.78 is 33.2. The van der Waals surface area contributed by atoms with Crippen molar-refractivity contribution >= 4 is 29.7 Å². The molecule has 1 saturated carbocycles. The van der Waals surface area contributed by atoms with E-state index in [1.807, 2.05) is 27.7 Å². The summed E-state index contributed by atoms with van der Waals surface area (Å²) in [5.74, 6) is -3.90. The summed E-state index contributed by atoms with van der Waals surface area (Å²) in [5.41, 5.74) is 0. The Morgan fingerprint density at radius 3 is 2.21 bits per heavy atom. The predicted molar refractivity (Wildman–Crippen MR) is 193 cm³/mol. The number of nitrogens with one attached hydrogen (secondary N) is 6. The molecule has 53 heavy (non-hydrogen) atoms. The number of carbonyl (C=O) groups is 5. The second-order valence-corrected chi connectivity index (χ2v) is 16.7. The van der Waals surface area contributed by atoms with Gasteiger partial charge in [0.1, 0.15) is 24.4 Å². The van der Waals surface area contributed by atoms with Crippen molar-refractivity contribution in [2.24, 2.45) is 23.7 Å². The normalized spacial score (nSPS) is 43.1. The molecule has 0 spiro atoms. The van der Waals surface area contributed by atoms with Gasteiger partial charge in [-0.3, -0.25) is 29.4 Å². The molecular formula is C37H59F2N9O5. The predicted octanol–water partition coefficient (Wildman–Crippen LogP) is 0.736. The standard InChI is InChI=1S/C37H59F2N9O5/c1-8-27(49)46-15-19(5)47(16-18(46)4)32-23-14-25(39)30-28-24(38)10-9-11-26(28)43-35(51)21(7)41-34(50)20(6)42-36(52)22-12-13-40-29(17(2)3)31(22)48(33(23)44-30)37(53)45-32/h8,17-26,28-33,40,44H,1,9-16H2,2-7H3,(H,41,50)(H,42,52)(H,43,51)(H,45,53)/t18-,19+,20?,21?,22?,23?,24?,25?,26?,28?,29?,30?,31?,32?,33?/m1/s1. The highest BCUT2D eigenvalue weighted by Gasteiger charge is 2.58. The molecule has 15 atom stereocenters. The fourth-order valence-electron chi connectivity index (χ4n) is 10.1. The van der Waals surface area contributed by atoms with E-state index in [4.69, 9.17) is 0 Å². The maximum Gasteiger partial charge on any atom is 0.320 e. The van der Waals surface area contributed by atoms with Crippen LogP contribution in [0.4, 0.5) is 13.6 Å². The molecule has 2 bridgehead atoms. The van der Waals surface area contributed by atoms with Gasteiger partial charge in [-0.2, -0.15) is 0 Å². The Kier molecular flexibility index (Phi) is 11.7. The maximum absolute atomic E-state index is 17.0. The van der Waals surface area contributed by atoms with Gasteiger partial charge in [0, 0.05) is 55.1 Å². The molecule has 296 valence electrons. The number of hydrogen-bond acceptors (Lipinski definition) is 8. The lowest BCUT2D eigenvalue weighted by Crippen LogP contribution is -2.80. The topological polar surface area (TPSA) is 167 Å². The van der Waals surface area contributed by atoms with Gasteiger partial charge in [0.2, 0.25) is 23.6 Å². The Labute approximate surface area is 311 Å². The van der Waals surface area contributed by atoms with Crippen molar-refractivity contribution in [3.63, 3.8) is 0 Å². The fraction of sp³-hybridized carbons (Fsp3) is 0.811. The molecule has 6 aliphatic rings. The van der Waals surface area contributed by atoms with Gasteiger partial charge < -0.3 is 36.4 Å². The minimum Gasteiger partial charge on any atom is -0.351 e. The number of piperazine rings is 1. The van der Waals surface area contributed by atoms with Crippen LogP contribution in [0.1, 0.15) is 73.6 Å². The third kappa shape index (κ3) is 7.51. The lowest BCUT2D eigenvalue weighted by Gasteiger charge is -2.60. The van der Waals surface area contributed by atoms with Gasteiger partial charge in [-0.25, -0.2) is 13.6 Å². The number of alkyl halides is 2. The number of rotatable bonds is 3. The summed E-state index contributed by atoms with van der Waals surface area (Å²) in [4.78, 5) is 73.9. The molecule has 6 amide bonds. The number of halogens is 2. The Morgan fingerprint density at radius 2 is 1.53 bits per heavy atom. The van der Waals surface area contributed by atoms with Crippen molar-refractivity contribution in [1.82, 2.24) is 46.6 Å². The van der Waals surface area contributed by atoms with Crippen molar-refractivity contribution in [1.29, 1.82) is 0 Å². The summed E-state index contributed by atoms with van der Waals surface area (Å²) in [6.07, 6.45) is -1.60. The highest BCUT2D eigenvalue weighted by molar-refractivity contribution is 5.92. The van der Waals surface area contributed by atoms with Crippen LogP contribution in [0, 0.1) is 23.7 Å². The van der Waals surface area contributed by atoms with E-state index in [1.165, 1.54) is 13.0 Å². The zero-order chi connectivity index (χ0) is 38.5. The number of hydrogen-bond donors (Lipinski definition) is 6. The van der Waals surface area contributed by atoms with E-state index in [0.29, 0.717) is 38.9 Å². The SMILES string of the molecule is C=CC(=O)N1C[C@H](C)N(C2NC(=O)N3C4NC(C(F)CC42)C2C(F)CCCC2NC(=O)C(C)NC(=O)C(C)NC(=O)C2CCNC(C(C)C)C23)C[C@H]1C. The summed E-state index contributed by atoms with van der Waals surface area (Å²) in [7, 11) is 0. The van der Waals surface area contributed by atoms with Gasteiger partial charge in [0.25, 0.3) is 0 Å². The maximum atomic E-state index is 17.0. The first-order chi connectivity index (χ1) is 25.1. The molecule has 5 aliphatic heterocycles. The van der Waals surface area contributed by atoms with Crippen molar-refractivity contribution in [3.8, 4) is 0 Å². The highest BCUT2D eigenvalue weighted by atomic mass is 19.1. The number of piperidine rings is 2. The number of nitrogens with zero attached hydrogens (tertiary/aromatic N) is 3. The first-order valence-electron chi connectivity index (χ1n) is 19.6. The smallest absolute Gasteiger partial charge is 0.320 e. The average Bonchev–Trinajstić information content (AvgIpc) is 3.11. The lowest BCUT2D eigenvalue weighted by atomic mass is 9.72. The van der Waals surface area contributed by atoms with Gasteiger partial charge in [0.15, 0.2) is 0 Å². The van der Waals surface area contributed by atoms with E-state index in [0.717, 1.165) is 0 Å². The van der Waals surface area contributed by atoms with E-state index >= 15 is 8.78 Å². The molecule has 13 unspecified atom stereocenters. The van der Waals surface area contributed by atoms with Crippen LogP contribution in [0.15, 0.2) is 12.7 Å². The zero-order valence-corrected chi connectivity index (χ0v) is 31.8. The molecule has 14 nitrogen and oxygen atoms in total. The number of carbonyl (C=O) groups excluding carboxylic acids is 5. The molecule has 5 saturated heterocycles.